The van der Waals surface area contributed by atoms with Crippen molar-refractivity contribution < 1.29 is 28.5 Å². The largest absolute Gasteiger partial charge is 0.550 e. The number of carbonyl (C=O) groups is 1. The first kappa shape index (κ1) is 27.6. The van der Waals surface area contributed by atoms with Gasteiger partial charge < -0.3 is 25.1 Å². The Labute approximate surface area is 223 Å². The average Bonchev–Trinajstić information content (AvgIpc) is 2.88. The number of pyridine rings is 1. The topological polar surface area (TPSA) is 94.5 Å². The van der Waals surface area contributed by atoms with Crippen molar-refractivity contribution in [2.24, 2.45) is 11.8 Å². The first-order valence-corrected chi connectivity index (χ1v) is 13.5. The van der Waals surface area contributed by atoms with Gasteiger partial charge in [-0.25, -0.2) is 8.78 Å². The zero-order chi connectivity index (χ0) is 26.5. The molecule has 1 saturated heterocycles. The van der Waals surface area contributed by atoms with E-state index in [-0.39, 0.29) is 16.9 Å². The minimum atomic E-state index is -1.16. The van der Waals surface area contributed by atoms with E-state index in [2.05, 4.69) is 10.3 Å². The van der Waals surface area contributed by atoms with Crippen LogP contribution in [0.2, 0.25) is 5.02 Å². The third kappa shape index (κ3) is 6.52. The number of aliphatic carboxylic acids is 1. The Kier molecular flexibility index (Phi) is 9.23. The number of halogens is 3. The van der Waals surface area contributed by atoms with Gasteiger partial charge in [-0.3, -0.25) is 4.98 Å². The Bertz CT molecular complexity index is 1260. The molecular weight excluding hydrogens is 522 g/mol. The van der Waals surface area contributed by atoms with Gasteiger partial charge in [0.05, 0.1) is 23.8 Å². The summed E-state index contributed by atoms with van der Waals surface area (Å²) in [6.45, 7) is 0.615. The molecular formula is C27H28ClF2N2O4S-. The predicted octanol–water partition coefficient (Wildman–Crippen LogP) is 4.52. The van der Waals surface area contributed by atoms with Crippen LogP contribution in [-0.4, -0.2) is 41.5 Å². The number of hydrogen-bond acceptors (Lipinski definition) is 7. The molecule has 1 aromatic heterocycles. The second kappa shape index (κ2) is 12.4. The Morgan fingerprint density at radius 3 is 2.86 bits per heavy atom. The summed E-state index contributed by atoms with van der Waals surface area (Å²) < 4.78 is 32.7. The molecule has 2 heterocycles. The summed E-state index contributed by atoms with van der Waals surface area (Å²) in [6.07, 6.45) is 2.39. The van der Waals surface area contributed by atoms with Crippen LogP contribution in [0.4, 0.5) is 8.78 Å². The zero-order valence-electron chi connectivity index (χ0n) is 20.3. The minimum Gasteiger partial charge on any atom is -0.550 e. The molecule has 2 aromatic carbocycles. The molecule has 0 amide bonds. The highest BCUT2D eigenvalue weighted by Crippen LogP contribution is 2.37. The number of carboxylic acid groups (broad SMARTS) is 1. The first-order valence-electron chi connectivity index (χ1n) is 12.1. The zero-order valence-corrected chi connectivity index (χ0v) is 21.8. The maximum Gasteiger partial charge on any atom is 0.136 e. The molecule has 4 unspecified atom stereocenters. The lowest BCUT2D eigenvalue weighted by Gasteiger charge is -2.40. The number of aliphatic hydroxyl groups excluding tert-OH is 1. The quantitative estimate of drug-likeness (QED) is 0.359. The third-order valence-electron chi connectivity index (χ3n) is 6.93. The molecule has 0 spiro atoms. The van der Waals surface area contributed by atoms with Crippen LogP contribution in [0.5, 0.6) is 5.75 Å². The van der Waals surface area contributed by atoms with Crippen LogP contribution in [-0.2, 0) is 4.79 Å². The van der Waals surface area contributed by atoms with E-state index in [1.165, 1.54) is 6.20 Å². The maximum absolute atomic E-state index is 13.9. The number of aliphatic hydroxyl groups is 1. The summed E-state index contributed by atoms with van der Waals surface area (Å²) in [5, 5.41) is 27.5. The first-order chi connectivity index (χ1) is 17.8. The summed E-state index contributed by atoms with van der Waals surface area (Å²) in [5.74, 6) is -2.16. The third-order valence-corrected chi connectivity index (χ3v) is 8.29. The van der Waals surface area contributed by atoms with Crippen LogP contribution in [0.1, 0.15) is 37.4 Å². The van der Waals surface area contributed by atoms with Crippen LogP contribution in [0.15, 0.2) is 47.5 Å². The van der Waals surface area contributed by atoms with E-state index < -0.39 is 29.6 Å². The summed E-state index contributed by atoms with van der Waals surface area (Å²) in [7, 11) is 1.55. The standard InChI is InChI=1S/C27H29ClF2N2O4S/c1-36-17-4-6-21-18(13-17)26(19(28)14-32-21)23(33)7-2-15-8-10-31-22(25(15)27(34)35)9-11-37-24-12-16(29)3-5-20(24)30/h3-6,12-15,22-23,25,31,33H,2,7-11H2,1H3,(H,34,35)/p-1. The van der Waals surface area contributed by atoms with Crippen LogP contribution in [0.25, 0.3) is 10.9 Å². The highest BCUT2D eigenvalue weighted by molar-refractivity contribution is 7.99. The van der Waals surface area contributed by atoms with Crippen molar-refractivity contribution in [2.45, 2.75) is 42.7 Å². The molecule has 0 bridgehead atoms. The van der Waals surface area contributed by atoms with Crippen molar-refractivity contribution in [3.8, 4) is 5.75 Å². The smallest absolute Gasteiger partial charge is 0.136 e. The highest BCUT2D eigenvalue weighted by atomic mass is 35.5. The number of hydrogen-bond donors (Lipinski definition) is 2. The van der Waals surface area contributed by atoms with Gasteiger partial charge in [-0.05, 0) is 80.3 Å². The maximum atomic E-state index is 13.9. The highest BCUT2D eigenvalue weighted by Gasteiger charge is 2.34. The molecule has 4 atom stereocenters. The fourth-order valence-corrected chi connectivity index (χ4v) is 6.35. The van der Waals surface area contributed by atoms with Crippen LogP contribution in [0.3, 0.4) is 0 Å². The van der Waals surface area contributed by atoms with Crippen molar-refractivity contribution >= 4 is 40.2 Å². The Morgan fingerprint density at radius 1 is 1.30 bits per heavy atom. The van der Waals surface area contributed by atoms with Crippen molar-refractivity contribution in [3.63, 3.8) is 0 Å². The number of thioether (sulfide) groups is 1. The van der Waals surface area contributed by atoms with Gasteiger partial charge in [0.2, 0.25) is 0 Å². The lowest BCUT2D eigenvalue weighted by atomic mass is 9.76. The van der Waals surface area contributed by atoms with E-state index in [1.54, 1.807) is 25.3 Å². The Morgan fingerprint density at radius 2 is 2.11 bits per heavy atom. The lowest BCUT2D eigenvalue weighted by molar-refractivity contribution is -0.315. The number of fused-ring (bicyclic) bond motifs is 1. The van der Waals surface area contributed by atoms with E-state index in [1.807, 2.05) is 0 Å². The molecule has 0 saturated carbocycles. The Hall–Kier alpha value is -2.46. The predicted molar refractivity (Wildman–Crippen MR) is 138 cm³/mol. The van der Waals surface area contributed by atoms with Gasteiger partial charge in [0.15, 0.2) is 0 Å². The van der Waals surface area contributed by atoms with Gasteiger partial charge in [-0.2, -0.15) is 0 Å². The summed E-state index contributed by atoms with van der Waals surface area (Å²) in [6, 6.07) is 8.24. The van der Waals surface area contributed by atoms with Crippen LogP contribution >= 0.6 is 23.4 Å². The van der Waals surface area contributed by atoms with Gasteiger partial charge in [0.25, 0.3) is 0 Å². The van der Waals surface area contributed by atoms with Gasteiger partial charge in [0.1, 0.15) is 17.4 Å². The van der Waals surface area contributed by atoms with E-state index in [4.69, 9.17) is 16.3 Å². The van der Waals surface area contributed by atoms with E-state index in [0.29, 0.717) is 65.2 Å². The monoisotopic (exact) mass is 549 g/mol. The SMILES string of the molecule is COc1ccc2ncc(Cl)c(C(O)CCC3CCNC(CCSc4cc(F)ccc4F)C3C(=O)[O-])c2c1. The van der Waals surface area contributed by atoms with E-state index >= 15 is 0 Å². The van der Waals surface area contributed by atoms with Crippen molar-refractivity contribution in [2.75, 3.05) is 19.4 Å². The molecule has 198 valence electrons. The molecule has 4 rings (SSSR count). The number of aromatic nitrogens is 1. The van der Waals surface area contributed by atoms with Gasteiger partial charge >= 0.3 is 0 Å². The minimum absolute atomic E-state index is 0.193. The normalized spacial score (nSPS) is 20.6. The molecule has 1 aliphatic rings. The molecule has 2 N–H and O–H groups in total. The van der Waals surface area contributed by atoms with Crippen molar-refractivity contribution in [1.29, 1.82) is 0 Å². The van der Waals surface area contributed by atoms with Gasteiger partial charge in [-0.15, -0.1) is 11.8 Å². The summed E-state index contributed by atoms with van der Waals surface area (Å²) >= 11 is 7.57. The fraction of sp³-hybridized carbons (Fsp3) is 0.407. The molecule has 37 heavy (non-hydrogen) atoms. The number of benzene rings is 2. The number of ether oxygens (including phenoxy) is 1. The average molecular weight is 550 g/mol. The lowest BCUT2D eigenvalue weighted by Crippen LogP contribution is -2.53. The summed E-state index contributed by atoms with van der Waals surface area (Å²) in [5.41, 5.74) is 1.20. The number of nitrogens with zero attached hydrogens (tertiary/aromatic N) is 1. The van der Waals surface area contributed by atoms with Gasteiger partial charge in [-0.1, -0.05) is 11.6 Å². The number of methoxy groups -OCH3 is 1. The van der Waals surface area contributed by atoms with Crippen molar-refractivity contribution in [3.05, 3.63) is 64.8 Å². The second-order valence-electron chi connectivity index (χ2n) is 9.16. The number of carbonyl (C=O) groups excluding carboxylic acids is 1. The fourth-order valence-electron chi connectivity index (χ4n) is 5.08. The van der Waals surface area contributed by atoms with Gasteiger partial charge in [0, 0.05) is 40.0 Å². The van der Waals surface area contributed by atoms with E-state index in [0.717, 1.165) is 30.0 Å². The summed E-state index contributed by atoms with van der Waals surface area (Å²) in [4.78, 5) is 16.7. The van der Waals surface area contributed by atoms with Crippen LogP contribution in [0, 0.1) is 23.5 Å². The molecule has 1 aliphatic heterocycles. The molecule has 10 heteroatoms. The number of nitrogens with one attached hydrogen (secondary N) is 1. The van der Waals surface area contributed by atoms with Crippen LogP contribution < -0.4 is 15.2 Å². The molecule has 3 aromatic rings. The molecule has 6 nitrogen and oxygen atoms in total. The van der Waals surface area contributed by atoms with E-state index in [9.17, 15) is 23.8 Å². The number of carboxylic acids is 1. The molecule has 1 fully saturated rings. The van der Waals surface area contributed by atoms with Crippen molar-refractivity contribution in [1.82, 2.24) is 10.3 Å². The number of rotatable bonds is 10. The number of piperidine rings is 1. The molecule has 0 aliphatic carbocycles. The molecule has 0 radical (unpaired) electrons. The Balaban J connectivity index is 1.43. The second-order valence-corrected chi connectivity index (χ2v) is 10.7.